The van der Waals surface area contributed by atoms with Crippen molar-refractivity contribution in [3.05, 3.63) is 125 Å². The summed E-state index contributed by atoms with van der Waals surface area (Å²) in [6.07, 6.45) is 2.26. The molecular formula is C38H41N3. The van der Waals surface area contributed by atoms with Crippen LogP contribution < -0.4 is 10.6 Å². The summed E-state index contributed by atoms with van der Waals surface area (Å²) in [5.74, 6) is 0.792. The van der Waals surface area contributed by atoms with Crippen molar-refractivity contribution in [2.75, 3.05) is 10.6 Å². The summed E-state index contributed by atoms with van der Waals surface area (Å²) in [6.45, 7) is 11.4. The Morgan fingerprint density at radius 3 is 2.17 bits per heavy atom. The van der Waals surface area contributed by atoms with Gasteiger partial charge in [-0.15, -0.1) is 0 Å². The molecule has 2 atom stereocenters. The highest BCUT2D eigenvalue weighted by molar-refractivity contribution is 5.87. The molecule has 6 rings (SSSR count). The first-order valence-corrected chi connectivity index (χ1v) is 15.1. The van der Waals surface area contributed by atoms with E-state index >= 15 is 0 Å². The molecule has 0 bridgehead atoms. The van der Waals surface area contributed by atoms with Crippen molar-refractivity contribution >= 4 is 22.1 Å². The van der Waals surface area contributed by atoms with Gasteiger partial charge in [0.1, 0.15) is 0 Å². The van der Waals surface area contributed by atoms with Crippen molar-refractivity contribution in [3.8, 4) is 11.3 Å². The van der Waals surface area contributed by atoms with Gasteiger partial charge in [0.05, 0.1) is 17.4 Å². The number of fused-ring (bicyclic) bond motifs is 2. The molecule has 3 nitrogen and oxygen atoms in total. The fraction of sp³-hybridized carbons (Fsp3) is 0.289. The maximum atomic E-state index is 5.40. The molecule has 0 amide bonds. The minimum atomic E-state index is -0.120. The van der Waals surface area contributed by atoms with Crippen molar-refractivity contribution < 1.29 is 0 Å². The van der Waals surface area contributed by atoms with Gasteiger partial charge in [-0.2, -0.15) is 0 Å². The van der Waals surface area contributed by atoms with E-state index in [1.54, 1.807) is 0 Å². The molecule has 4 aromatic carbocycles. The van der Waals surface area contributed by atoms with Gasteiger partial charge in [-0.25, -0.2) is 0 Å². The van der Waals surface area contributed by atoms with E-state index in [-0.39, 0.29) is 6.04 Å². The van der Waals surface area contributed by atoms with Crippen LogP contribution >= 0.6 is 0 Å². The molecular weight excluding hydrogens is 498 g/mol. The second-order valence-electron chi connectivity index (χ2n) is 12.1. The van der Waals surface area contributed by atoms with Crippen LogP contribution in [0.15, 0.2) is 97.1 Å². The van der Waals surface area contributed by atoms with Crippen molar-refractivity contribution in [2.24, 2.45) is 0 Å². The Morgan fingerprint density at radius 1 is 0.732 bits per heavy atom. The molecule has 208 valence electrons. The van der Waals surface area contributed by atoms with Crippen LogP contribution in [-0.4, -0.2) is 11.0 Å². The molecule has 0 fully saturated rings. The summed E-state index contributed by atoms with van der Waals surface area (Å²) in [6, 6.07) is 35.5. The molecule has 1 aliphatic heterocycles. The zero-order valence-electron chi connectivity index (χ0n) is 24.9. The van der Waals surface area contributed by atoms with E-state index in [1.807, 2.05) is 0 Å². The Bertz CT molecular complexity index is 1650. The smallest absolute Gasteiger partial charge is 0.0946 e. The number of aromatic nitrogens is 1. The zero-order chi connectivity index (χ0) is 28.5. The van der Waals surface area contributed by atoms with Crippen molar-refractivity contribution in [2.45, 2.75) is 71.4 Å². The van der Waals surface area contributed by atoms with Crippen LogP contribution in [0, 0.1) is 0 Å². The van der Waals surface area contributed by atoms with E-state index in [0.29, 0.717) is 17.9 Å². The zero-order valence-corrected chi connectivity index (χ0v) is 24.9. The highest BCUT2D eigenvalue weighted by Gasteiger charge is 2.24. The molecule has 0 radical (unpaired) electrons. The first-order chi connectivity index (χ1) is 19.9. The number of nitrogens with one attached hydrogen (secondary N) is 2. The first kappa shape index (κ1) is 27.1. The summed E-state index contributed by atoms with van der Waals surface area (Å²) >= 11 is 0. The topological polar surface area (TPSA) is 37.0 Å². The normalized spacial score (nSPS) is 15.5. The maximum absolute atomic E-state index is 5.40. The van der Waals surface area contributed by atoms with Gasteiger partial charge in [-0.1, -0.05) is 113 Å². The number of para-hydroxylation sites is 2. The molecule has 2 heterocycles. The number of hydrogen-bond acceptors (Lipinski definition) is 3. The van der Waals surface area contributed by atoms with Crippen molar-refractivity contribution in [1.82, 2.24) is 4.98 Å². The molecule has 0 spiro atoms. The Hall–Kier alpha value is -4.11. The second-order valence-corrected chi connectivity index (χ2v) is 12.1. The number of aryl methyl sites for hydroxylation is 1. The number of hydrogen-bond donors (Lipinski definition) is 2. The van der Waals surface area contributed by atoms with Crippen LogP contribution in [-0.2, 0) is 6.42 Å². The molecule has 1 aromatic heterocycles. The summed E-state index contributed by atoms with van der Waals surface area (Å²) < 4.78 is 0. The molecule has 0 saturated heterocycles. The molecule has 3 heteroatoms. The van der Waals surface area contributed by atoms with E-state index in [9.17, 15) is 0 Å². The van der Waals surface area contributed by atoms with Gasteiger partial charge < -0.3 is 10.6 Å². The summed E-state index contributed by atoms with van der Waals surface area (Å²) in [5.41, 5.74) is 11.0. The van der Waals surface area contributed by atoms with E-state index < -0.39 is 0 Å². The number of benzene rings is 4. The molecule has 2 unspecified atom stereocenters. The lowest BCUT2D eigenvalue weighted by Gasteiger charge is -2.28. The van der Waals surface area contributed by atoms with Gasteiger partial charge in [0.2, 0.25) is 0 Å². The lowest BCUT2D eigenvalue weighted by Crippen LogP contribution is -2.22. The predicted molar refractivity (Wildman–Crippen MR) is 175 cm³/mol. The Morgan fingerprint density at radius 2 is 1.39 bits per heavy atom. The lowest BCUT2D eigenvalue weighted by molar-refractivity contribution is 0.681. The van der Waals surface area contributed by atoms with Crippen molar-refractivity contribution in [3.63, 3.8) is 0 Å². The Labute approximate surface area is 245 Å². The largest absolute Gasteiger partial charge is 0.382 e. The highest BCUT2D eigenvalue weighted by Crippen LogP contribution is 2.40. The van der Waals surface area contributed by atoms with Crippen LogP contribution in [0.25, 0.3) is 22.0 Å². The predicted octanol–water partition coefficient (Wildman–Crippen LogP) is 10.1. The third-order valence-corrected chi connectivity index (χ3v) is 8.53. The van der Waals surface area contributed by atoms with Crippen molar-refractivity contribution in [1.29, 1.82) is 0 Å². The maximum Gasteiger partial charge on any atom is 0.0946 e. The quantitative estimate of drug-likeness (QED) is 0.216. The molecule has 2 N–H and O–H groups in total. The van der Waals surface area contributed by atoms with Crippen LogP contribution in [0.2, 0.25) is 0 Å². The minimum absolute atomic E-state index is 0.120. The van der Waals surface area contributed by atoms with Gasteiger partial charge >= 0.3 is 0 Å². The van der Waals surface area contributed by atoms with Crippen LogP contribution in [0.3, 0.4) is 0 Å². The number of pyridine rings is 1. The lowest BCUT2D eigenvalue weighted by atomic mass is 9.90. The van der Waals surface area contributed by atoms with Gasteiger partial charge in [-0.05, 0) is 76.8 Å². The average Bonchev–Trinajstić information content (AvgIpc) is 2.99. The number of rotatable bonds is 7. The molecule has 0 saturated carbocycles. The van der Waals surface area contributed by atoms with Gasteiger partial charge in [0.25, 0.3) is 0 Å². The Balaban J connectivity index is 1.54. The summed E-state index contributed by atoms with van der Waals surface area (Å²) in [5, 5.41) is 10.3. The van der Waals surface area contributed by atoms with E-state index in [1.165, 1.54) is 50.0 Å². The summed E-state index contributed by atoms with van der Waals surface area (Å²) in [7, 11) is 0. The molecule has 5 aromatic rings. The fourth-order valence-corrected chi connectivity index (χ4v) is 6.32. The third-order valence-electron chi connectivity index (χ3n) is 8.53. The second kappa shape index (κ2) is 11.4. The first-order valence-electron chi connectivity index (χ1n) is 15.1. The monoisotopic (exact) mass is 539 g/mol. The van der Waals surface area contributed by atoms with Crippen LogP contribution in [0.4, 0.5) is 11.4 Å². The number of nitrogens with zero attached hydrogens (tertiary/aromatic N) is 1. The molecule has 0 aliphatic carbocycles. The molecule has 41 heavy (non-hydrogen) atoms. The van der Waals surface area contributed by atoms with Gasteiger partial charge in [0, 0.05) is 23.0 Å². The fourth-order valence-electron chi connectivity index (χ4n) is 6.32. The minimum Gasteiger partial charge on any atom is -0.382 e. The van der Waals surface area contributed by atoms with Crippen LogP contribution in [0.1, 0.15) is 86.9 Å². The van der Waals surface area contributed by atoms with E-state index in [4.69, 9.17) is 4.98 Å². The number of anilines is 2. The average molecular weight is 540 g/mol. The highest BCUT2D eigenvalue weighted by atomic mass is 15.0. The standard InChI is InChI=1S/C38H41N3/c1-24(2)29-16-10-17-30(25(3)4)37(29)41-38(32-18-8-13-27-12-6-7-15-31(27)32)35-21-11-20-34(40-35)33-19-9-14-28-23-22-26(5)39-36(28)33/h6-21,24-26,38-39,41H,22-23H2,1-5H3. The third kappa shape index (κ3) is 5.34. The molecule has 1 aliphatic rings. The van der Waals surface area contributed by atoms with E-state index in [2.05, 4.69) is 142 Å². The van der Waals surface area contributed by atoms with Crippen LogP contribution in [0.5, 0.6) is 0 Å². The summed E-state index contributed by atoms with van der Waals surface area (Å²) in [4.78, 5) is 5.40. The van der Waals surface area contributed by atoms with Gasteiger partial charge in [0.15, 0.2) is 0 Å². The van der Waals surface area contributed by atoms with E-state index in [0.717, 1.165) is 24.2 Å². The Kier molecular flexibility index (Phi) is 7.53. The SMILES string of the molecule is CC1CCc2cccc(-c3cccc(C(Nc4c(C(C)C)cccc4C(C)C)c4cccc5ccccc45)n3)c2N1. The van der Waals surface area contributed by atoms with Gasteiger partial charge in [-0.3, -0.25) is 4.98 Å².